The van der Waals surface area contributed by atoms with Crippen LogP contribution in [0, 0.1) is 0 Å². The van der Waals surface area contributed by atoms with E-state index in [1.54, 1.807) is 7.11 Å². The van der Waals surface area contributed by atoms with Gasteiger partial charge in [0.1, 0.15) is 11.5 Å². The normalized spacial score (nSPS) is 16.9. The van der Waals surface area contributed by atoms with Crippen molar-refractivity contribution in [2.45, 2.75) is 12.5 Å². The van der Waals surface area contributed by atoms with E-state index >= 15 is 0 Å². The minimum atomic E-state index is -0.0768. The van der Waals surface area contributed by atoms with Gasteiger partial charge in [-0.15, -0.1) is 0 Å². The summed E-state index contributed by atoms with van der Waals surface area (Å²) in [5, 5.41) is 11.4. The summed E-state index contributed by atoms with van der Waals surface area (Å²) in [6, 6.07) is 11.8. The largest absolute Gasteiger partial charge is 0.497 e. The molecule has 4 rings (SSSR count). The zero-order chi connectivity index (χ0) is 15.6. The van der Waals surface area contributed by atoms with Crippen LogP contribution in [-0.4, -0.2) is 28.0 Å². The average molecular weight is 308 g/mol. The molecule has 3 heterocycles. The van der Waals surface area contributed by atoms with Crippen LogP contribution >= 0.6 is 0 Å². The molecule has 1 aliphatic heterocycles. The Morgan fingerprint density at radius 1 is 1.22 bits per heavy atom. The number of aromatic nitrogens is 3. The molecule has 2 N–H and O–H groups in total. The molecule has 0 saturated carbocycles. The Bertz CT molecular complexity index is 819. The smallest absolute Gasteiger partial charge is 0.172 e. The average Bonchev–Trinajstić information content (AvgIpc) is 3.34. The van der Waals surface area contributed by atoms with Crippen molar-refractivity contribution in [3.8, 4) is 16.9 Å². The summed E-state index contributed by atoms with van der Waals surface area (Å²) in [6.45, 7) is 0. The Balaban J connectivity index is 1.60. The molecule has 6 nitrogen and oxygen atoms in total. The summed E-state index contributed by atoms with van der Waals surface area (Å²) >= 11 is 0. The van der Waals surface area contributed by atoms with Crippen molar-refractivity contribution in [1.29, 1.82) is 0 Å². The number of ether oxygens (including phenoxy) is 1. The van der Waals surface area contributed by atoms with Crippen LogP contribution in [0.4, 0.5) is 0 Å². The van der Waals surface area contributed by atoms with Crippen molar-refractivity contribution in [3.63, 3.8) is 0 Å². The lowest BCUT2D eigenvalue weighted by Gasteiger charge is -2.05. The maximum absolute atomic E-state index is 5.55. The topological polar surface area (TPSA) is 75.3 Å². The lowest BCUT2D eigenvalue weighted by molar-refractivity contribution is 0.0830. The third kappa shape index (κ3) is 2.48. The van der Waals surface area contributed by atoms with E-state index in [-0.39, 0.29) is 6.10 Å². The van der Waals surface area contributed by atoms with Crippen molar-refractivity contribution in [2.75, 3.05) is 7.11 Å². The van der Waals surface area contributed by atoms with Crippen LogP contribution in [0.1, 0.15) is 23.9 Å². The fourth-order valence-electron chi connectivity index (χ4n) is 2.73. The molecule has 0 spiro atoms. The second kappa shape index (κ2) is 5.64. The summed E-state index contributed by atoms with van der Waals surface area (Å²) in [7, 11) is 1.66. The molecule has 0 radical (unpaired) electrons. The Kier molecular flexibility index (Phi) is 3.34. The number of benzene rings is 1. The first kappa shape index (κ1) is 13.6. The molecule has 3 aromatic rings. The van der Waals surface area contributed by atoms with Crippen LogP contribution in [0.3, 0.4) is 0 Å². The van der Waals surface area contributed by atoms with Crippen LogP contribution in [0.2, 0.25) is 0 Å². The van der Waals surface area contributed by atoms with Crippen molar-refractivity contribution < 1.29 is 9.57 Å². The van der Waals surface area contributed by atoms with Gasteiger partial charge in [-0.1, -0.05) is 17.3 Å². The molecule has 1 atom stereocenters. The molecule has 116 valence electrons. The highest BCUT2D eigenvalue weighted by Crippen LogP contribution is 2.32. The first-order valence-electron chi connectivity index (χ1n) is 7.39. The monoisotopic (exact) mass is 308 g/mol. The van der Waals surface area contributed by atoms with Gasteiger partial charge < -0.3 is 14.6 Å². The highest BCUT2D eigenvalue weighted by atomic mass is 16.6. The third-order valence-electron chi connectivity index (χ3n) is 3.97. The molecule has 2 aromatic heterocycles. The molecule has 0 fully saturated rings. The number of hydrogen-bond donors (Lipinski definition) is 2. The zero-order valence-corrected chi connectivity index (χ0v) is 12.6. The molecule has 1 aromatic carbocycles. The van der Waals surface area contributed by atoms with Crippen LogP contribution in [0.15, 0.2) is 53.9 Å². The minimum Gasteiger partial charge on any atom is -0.497 e. The number of nitrogens with one attached hydrogen (secondary N) is 2. The van der Waals surface area contributed by atoms with Gasteiger partial charge in [-0.25, -0.2) is 0 Å². The van der Waals surface area contributed by atoms with E-state index in [9.17, 15) is 0 Å². The van der Waals surface area contributed by atoms with Gasteiger partial charge in [0.25, 0.3) is 0 Å². The summed E-state index contributed by atoms with van der Waals surface area (Å²) in [6.07, 6.45) is 4.32. The Hall–Kier alpha value is -3.02. The summed E-state index contributed by atoms with van der Waals surface area (Å²) < 4.78 is 5.20. The van der Waals surface area contributed by atoms with Gasteiger partial charge in [-0.3, -0.25) is 5.10 Å². The maximum atomic E-state index is 5.55. The molecular weight excluding hydrogens is 292 g/mol. The van der Waals surface area contributed by atoms with Gasteiger partial charge in [0.2, 0.25) is 0 Å². The van der Waals surface area contributed by atoms with Crippen LogP contribution in [0.5, 0.6) is 5.75 Å². The first-order chi connectivity index (χ1) is 11.3. The van der Waals surface area contributed by atoms with E-state index in [0.717, 1.165) is 34.0 Å². The van der Waals surface area contributed by atoms with E-state index in [2.05, 4.69) is 20.3 Å². The number of H-pyrrole nitrogens is 2. The standard InChI is InChI=1S/C17H16N4O2/c1-22-12-6-4-11(5-7-12)13-10-19-20-17(13)15-9-16(23-21-15)14-3-2-8-18-14/h2-8,10,16,18H,9H2,1H3,(H,19,20). The van der Waals surface area contributed by atoms with Crippen LogP contribution in [-0.2, 0) is 4.84 Å². The molecule has 0 bridgehead atoms. The second-order valence-corrected chi connectivity index (χ2v) is 5.35. The second-order valence-electron chi connectivity index (χ2n) is 5.35. The highest BCUT2D eigenvalue weighted by Gasteiger charge is 2.27. The van der Waals surface area contributed by atoms with Crippen molar-refractivity contribution in [1.82, 2.24) is 15.2 Å². The van der Waals surface area contributed by atoms with Crippen molar-refractivity contribution >= 4 is 5.71 Å². The van der Waals surface area contributed by atoms with Crippen LogP contribution < -0.4 is 4.74 Å². The van der Waals surface area contributed by atoms with Gasteiger partial charge in [-0.2, -0.15) is 5.10 Å². The molecule has 0 aliphatic carbocycles. The van der Waals surface area contributed by atoms with Crippen molar-refractivity contribution in [2.24, 2.45) is 5.16 Å². The number of nitrogens with zero attached hydrogens (tertiary/aromatic N) is 2. The fourth-order valence-corrected chi connectivity index (χ4v) is 2.73. The molecule has 0 saturated heterocycles. The number of rotatable bonds is 4. The van der Waals surface area contributed by atoms with Crippen molar-refractivity contribution in [3.05, 3.63) is 60.2 Å². The number of oxime groups is 1. The predicted octanol–water partition coefficient (Wildman–Crippen LogP) is 3.28. The van der Waals surface area contributed by atoms with E-state index < -0.39 is 0 Å². The lowest BCUT2D eigenvalue weighted by Crippen LogP contribution is -2.03. The molecular formula is C17H16N4O2. The maximum Gasteiger partial charge on any atom is 0.172 e. The Morgan fingerprint density at radius 2 is 2.09 bits per heavy atom. The molecule has 1 unspecified atom stereocenters. The SMILES string of the molecule is COc1ccc(-c2cn[nH]c2C2=NOC(c3ccc[nH]3)C2)cc1. The van der Waals surface area contributed by atoms with E-state index in [0.29, 0.717) is 6.42 Å². The van der Waals surface area contributed by atoms with Crippen LogP contribution in [0.25, 0.3) is 11.1 Å². The van der Waals surface area contributed by atoms with Gasteiger partial charge in [0.05, 0.1) is 24.7 Å². The molecule has 1 aliphatic rings. The first-order valence-corrected chi connectivity index (χ1v) is 7.39. The Morgan fingerprint density at radius 3 is 2.83 bits per heavy atom. The summed E-state index contributed by atoms with van der Waals surface area (Å²) in [5.41, 5.74) is 4.84. The van der Waals surface area contributed by atoms with Gasteiger partial charge in [0.15, 0.2) is 6.10 Å². The lowest BCUT2D eigenvalue weighted by atomic mass is 10.0. The minimum absolute atomic E-state index is 0.0768. The van der Waals surface area contributed by atoms with E-state index in [4.69, 9.17) is 9.57 Å². The van der Waals surface area contributed by atoms with E-state index in [1.165, 1.54) is 0 Å². The highest BCUT2D eigenvalue weighted by molar-refractivity contribution is 6.04. The zero-order valence-electron chi connectivity index (χ0n) is 12.6. The van der Waals surface area contributed by atoms with Gasteiger partial charge in [0, 0.05) is 18.2 Å². The molecule has 0 amide bonds. The molecule has 23 heavy (non-hydrogen) atoms. The number of methoxy groups -OCH3 is 1. The van der Waals surface area contributed by atoms with Gasteiger partial charge >= 0.3 is 0 Å². The number of hydrogen-bond acceptors (Lipinski definition) is 4. The number of aromatic amines is 2. The summed E-state index contributed by atoms with van der Waals surface area (Å²) in [5.74, 6) is 0.826. The summed E-state index contributed by atoms with van der Waals surface area (Å²) in [4.78, 5) is 8.72. The fraction of sp³-hybridized carbons (Fsp3) is 0.176. The quantitative estimate of drug-likeness (QED) is 0.776. The molecule has 6 heteroatoms. The predicted molar refractivity (Wildman–Crippen MR) is 86.3 cm³/mol. The van der Waals surface area contributed by atoms with E-state index in [1.807, 2.05) is 48.8 Å². The Labute approximate surface area is 133 Å². The van der Waals surface area contributed by atoms with Gasteiger partial charge in [-0.05, 0) is 29.8 Å². The third-order valence-corrected chi connectivity index (χ3v) is 3.97.